The van der Waals surface area contributed by atoms with Gasteiger partial charge >= 0.3 is 0 Å². The van der Waals surface area contributed by atoms with E-state index in [1.807, 2.05) is 6.92 Å². The van der Waals surface area contributed by atoms with Crippen LogP contribution in [0.5, 0.6) is 5.75 Å². The Bertz CT molecular complexity index is 428. The van der Waals surface area contributed by atoms with Crippen LogP contribution in [0.4, 0.5) is 0 Å². The molecule has 3 nitrogen and oxygen atoms in total. The van der Waals surface area contributed by atoms with Crippen molar-refractivity contribution in [1.82, 2.24) is 10.2 Å². The molecule has 1 N–H and O–H groups in total. The summed E-state index contributed by atoms with van der Waals surface area (Å²) in [6, 6.07) is 4.11. The van der Waals surface area contributed by atoms with Gasteiger partial charge in [0, 0.05) is 43.3 Å². The predicted octanol–water partition coefficient (Wildman–Crippen LogP) is 2.84. The average molecular weight is 283 g/mol. The highest BCUT2D eigenvalue weighted by Gasteiger charge is 2.15. The van der Waals surface area contributed by atoms with Gasteiger partial charge in [-0.2, -0.15) is 0 Å². The van der Waals surface area contributed by atoms with E-state index < -0.39 is 0 Å². The number of aryl methyl sites for hydroxylation is 1. The van der Waals surface area contributed by atoms with E-state index in [2.05, 4.69) is 36.2 Å². The second-order valence-corrected chi connectivity index (χ2v) is 5.81. The lowest BCUT2D eigenvalue weighted by Gasteiger charge is -2.28. The van der Waals surface area contributed by atoms with Gasteiger partial charge in [0.2, 0.25) is 0 Å². The Labute approximate surface area is 120 Å². The van der Waals surface area contributed by atoms with Gasteiger partial charge in [-0.3, -0.25) is 4.90 Å². The van der Waals surface area contributed by atoms with Crippen molar-refractivity contribution in [2.45, 2.75) is 33.4 Å². The largest absolute Gasteiger partial charge is 0.491 e. The van der Waals surface area contributed by atoms with Gasteiger partial charge in [0.1, 0.15) is 5.75 Å². The van der Waals surface area contributed by atoms with Gasteiger partial charge in [0.15, 0.2) is 0 Å². The molecule has 106 valence electrons. The van der Waals surface area contributed by atoms with Gasteiger partial charge in [0.25, 0.3) is 0 Å². The van der Waals surface area contributed by atoms with Crippen molar-refractivity contribution in [3.63, 3.8) is 0 Å². The first kappa shape index (κ1) is 14.6. The Morgan fingerprint density at radius 2 is 2.00 bits per heavy atom. The number of hydrogen-bond donors (Lipinski definition) is 1. The molecule has 19 heavy (non-hydrogen) atoms. The summed E-state index contributed by atoms with van der Waals surface area (Å²) in [5, 5.41) is 4.19. The van der Waals surface area contributed by atoms with E-state index in [-0.39, 0.29) is 6.10 Å². The smallest absolute Gasteiger partial charge is 0.124 e. The highest BCUT2D eigenvalue weighted by molar-refractivity contribution is 6.31. The Hall–Kier alpha value is -0.770. The third-order valence-electron chi connectivity index (χ3n) is 3.31. The average Bonchev–Trinajstić information content (AvgIpc) is 2.36. The summed E-state index contributed by atoms with van der Waals surface area (Å²) in [6.45, 7) is 11.3. The second kappa shape index (κ2) is 6.60. The van der Waals surface area contributed by atoms with Crippen molar-refractivity contribution >= 4 is 11.6 Å². The number of benzene rings is 1. The zero-order valence-corrected chi connectivity index (χ0v) is 12.8. The molecule has 1 heterocycles. The minimum absolute atomic E-state index is 0.183. The number of nitrogens with one attached hydrogen (secondary N) is 1. The van der Waals surface area contributed by atoms with Gasteiger partial charge < -0.3 is 10.1 Å². The fraction of sp³-hybridized carbons (Fsp3) is 0.600. The van der Waals surface area contributed by atoms with Crippen LogP contribution in [0.3, 0.4) is 0 Å². The molecule has 0 aromatic heterocycles. The van der Waals surface area contributed by atoms with E-state index in [0.29, 0.717) is 0 Å². The summed E-state index contributed by atoms with van der Waals surface area (Å²) in [4.78, 5) is 2.44. The molecule has 0 spiro atoms. The standard InChI is InChI=1S/C15H23ClN2O/c1-11(2)19-15-8-12(3)14(16)9-13(15)10-18-6-4-17-5-7-18/h8-9,11,17H,4-7,10H2,1-3H3. The fourth-order valence-corrected chi connectivity index (χ4v) is 2.48. The number of halogens is 1. The van der Waals surface area contributed by atoms with Gasteiger partial charge in [-0.05, 0) is 38.5 Å². The summed E-state index contributed by atoms with van der Waals surface area (Å²) in [7, 11) is 0. The molecular weight excluding hydrogens is 260 g/mol. The van der Waals surface area contributed by atoms with Crippen molar-refractivity contribution in [3.8, 4) is 5.75 Å². The van der Waals surface area contributed by atoms with Gasteiger partial charge in [-0.1, -0.05) is 11.6 Å². The lowest BCUT2D eigenvalue weighted by molar-refractivity contribution is 0.214. The van der Waals surface area contributed by atoms with Gasteiger partial charge in [-0.25, -0.2) is 0 Å². The maximum Gasteiger partial charge on any atom is 0.124 e. The van der Waals surface area contributed by atoms with Crippen LogP contribution in [0.2, 0.25) is 5.02 Å². The van der Waals surface area contributed by atoms with Crippen LogP contribution in [0.15, 0.2) is 12.1 Å². The van der Waals surface area contributed by atoms with E-state index in [1.165, 1.54) is 5.56 Å². The summed E-state index contributed by atoms with van der Waals surface area (Å²) < 4.78 is 5.92. The number of rotatable bonds is 4. The monoisotopic (exact) mass is 282 g/mol. The highest BCUT2D eigenvalue weighted by Crippen LogP contribution is 2.28. The molecule has 0 unspecified atom stereocenters. The van der Waals surface area contributed by atoms with Crippen molar-refractivity contribution in [1.29, 1.82) is 0 Å². The number of hydrogen-bond acceptors (Lipinski definition) is 3. The lowest BCUT2D eigenvalue weighted by Crippen LogP contribution is -2.42. The second-order valence-electron chi connectivity index (χ2n) is 5.40. The topological polar surface area (TPSA) is 24.5 Å². The van der Waals surface area contributed by atoms with E-state index >= 15 is 0 Å². The number of piperazine rings is 1. The van der Waals surface area contributed by atoms with Crippen LogP contribution in [0.25, 0.3) is 0 Å². The third-order valence-corrected chi connectivity index (χ3v) is 3.72. The Morgan fingerprint density at radius 3 is 2.63 bits per heavy atom. The SMILES string of the molecule is Cc1cc(OC(C)C)c(CN2CCNCC2)cc1Cl. The van der Waals surface area contributed by atoms with Crippen LogP contribution in [-0.2, 0) is 6.54 Å². The predicted molar refractivity (Wildman–Crippen MR) is 80.1 cm³/mol. The molecule has 1 saturated heterocycles. The molecule has 0 saturated carbocycles. The zero-order chi connectivity index (χ0) is 13.8. The van der Waals surface area contributed by atoms with E-state index in [4.69, 9.17) is 16.3 Å². The summed E-state index contributed by atoms with van der Waals surface area (Å²) in [5.41, 5.74) is 2.26. The molecule has 1 aromatic rings. The lowest BCUT2D eigenvalue weighted by atomic mass is 10.1. The number of nitrogens with zero attached hydrogens (tertiary/aromatic N) is 1. The van der Waals surface area contributed by atoms with Crippen LogP contribution in [0, 0.1) is 6.92 Å². The van der Waals surface area contributed by atoms with Gasteiger partial charge in [0.05, 0.1) is 6.10 Å². The molecular formula is C15H23ClN2O. The fourth-order valence-electron chi connectivity index (χ4n) is 2.29. The molecule has 2 rings (SSSR count). The van der Waals surface area contributed by atoms with Crippen molar-refractivity contribution < 1.29 is 4.74 Å². The molecule has 0 amide bonds. The maximum absolute atomic E-state index is 6.25. The molecule has 0 aliphatic carbocycles. The summed E-state index contributed by atoms with van der Waals surface area (Å²) in [6.07, 6.45) is 0.183. The van der Waals surface area contributed by atoms with E-state index in [0.717, 1.165) is 49.1 Å². The first-order valence-corrected chi connectivity index (χ1v) is 7.33. The molecule has 0 atom stereocenters. The highest BCUT2D eigenvalue weighted by atomic mass is 35.5. The van der Waals surface area contributed by atoms with Crippen LogP contribution < -0.4 is 10.1 Å². The summed E-state index contributed by atoms with van der Waals surface area (Å²) in [5.74, 6) is 0.968. The van der Waals surface area contributed by atoms with Crippen molar-refractivity contribution in [3.05, 3.63) is 28.3 Å². The first-order chi connectivity index (χ1) is 9.06. The van der Waals surface area contributed by atoms with Crippen molar-refractivity contribution in [2.75, 3.05) is 26.2 Å². The van der Waals surface area contributed by atoms with E-state index in [9.17, 15) is 0 Å². The third kappa shape index (κ3) is 4.10. The normalized spacial score (nSPS) is 16.9. The molecule has 1 fully saturated rings. The molecule has 4 heteroatoms. The Balaban J connectivity index is 2.18. The molecule has 1 aliphatic heterocycles. The zero-order valence-electron chi connectivity index (χ0n) is 12.0. The maximum atomic E-state index is 6.25. The quantitative estimate of drug-likeness (QED) is 0.919. The van der Waals surface area contributed by atoms with Crippen LogP contribution in [-0.4, -0.2) is 37.2 Å². The first-order valence-electron chi connectivity index (χ1n) is 6.95. The van der Waals surface area contributed by atoms with Gasteiger partial charge in [-0.15, -0.1) is 0 Å². The van der Waals surface area contributed by atoms with Crippen molar-refractivity contribution in [2.24, 2.45) is 0 Å². The minimum atomic E-state index is 0.183. The molecule has 1 aromatic carbocycles. The van der Waals surface area contributed by atoms with Crippen LogP contribution in [0.1, 0.15) is 25.0 Å². The Morgan fingerprint density at radius 1 is 1.32 bits per heavy atom. The summed E-state index contributed by atoms with van der Waals surface area (Å²) >= 11 is 6.25. The Kier molecular flexibility index (Phi) is 5.08. The minimum Gasteiger partial charge on any atom is -0.491 e. The van der Waals surface area contributed by atoms with E-state index in [1.54, 1.807) is 0 Å². The van der Waals surface area contributed by atoms with Crippen LogP contribution >= 0.6 is 11.6 Å². The molecule has 1 aliphatic rings. The molecule has 0 bridgehead atoms. The number of ether oxygens (including phenoxy) is 1. The molecule has 0 radical (unpaired) electrons.